The Morgan fingerprint density at radius 3 is 2.52 bits per heavy atom. The van der Waals surface area contributed by atoms with Gasteiger partial charge < -0.3 is 14.8 Å². The molecule has 4 rings (SSSR count). The lowest BCUT2D eigenvalue weighted by atomic mass is 10.3. The van der Waals surface area contributed by atoms with Gasteiger partial charge in [-0.05, 0) is 41.1 Å². The van der Waals surface area contributed by atoms with Crippen molar-refractivity contribution in [2.45, 2.75) is 6.92 Å². The topological polar surface area (TPSA) is 60.9 Å². The Hall–Kier alpha value is -2.15. The third kappa shape index (κ3) is 2.65. The van der Waals surface area contributed by atoms with Gasteiger partial charge in [0.05, 0.1) is 9.99 Å². The summed E-state index contributed by atoms with van der Waals surface area (Å²) in [5, 5.41) is 0. The van der Waals surface area contributed by atoms with Crippen LogP contribution in [0.2, 0.25) is 0 Å². The van der Waals surface area contributed by atoms with Crippen LogP contribution in [0, 0.1) is 6.92 Å². The molecule has 0 unspecified atom stereocenters. The average Bonchev–Trinajstić information content (AvgIpc) is 2.96. The molecule has 0 aromatic carbocycles. The molecule has 0 atom stereocenters. The second kappa shape index (κ2) is 5.81. The van der Waals surface area contributed by atoms with Crippen LogP contribution in [-0.4, -0.2) is 46.1 Å². The zero-order valence-electron chi connectivity index (χ0n) is 12.8. The maximum Gasteiger partial charge on any atom is 0.156 e. The summed E-state index contributed by atoms with van der Waals surface area (Å²) in [5.41, 5.74) is 3.11. The molecule has 6 nitrogen and oxygen atoms in total. The van der Waals surface area contributed by atoms with Gasteiger partial charge in [0.15, 0.2) is 5.82 Å². The molecule has 0 aliphatic carbocycles. The largest absolute Gasteiger partial charge is 0.354 e. The minimum Gasteiger partial charge on any atom is -0.354 e. The van der Waals surface area contributed by atoms with Crippen LogP contribution in [0.15, 0.2) is 35.2 Å². The third-order valence-electron chi connectivity index (χ3n) is 4.15. The summed E-state index contributed by atoms with van der Waals surface area (Å²) >= 11 is 3.58. The highest BCUT2D eigenvalue weighted by atomic mass is 79.9. The molecule has 23 heavy (non-hydrogen) atoms. The summed E-state index contributed by atoms with van der Waals surface area (Å²) in [6, 6.07) is 6.03. The highest BCUT2D eigenvalue weighted by Crippen LogP contribution is 2.27. The van der Waals surface area contributed by atoms with Crippen molar-refractivity contribution >= 4 is 38.6 Å². The Bertz CT molecular complexity index is 837. The average molecular weight is 373 g/mol. The van der Waals surface area contributed by atoms with Crippen molar-refractivity contribution in [3.8, 4) is 0 Å². The van der Waals surface area contributed by atoms with Crippen LogP contribution in [0.5, 0.6) is 0 Å². The molecule has 7 heteroatoms. The fraction of sp³-hybridized carbons (Fsp3) is 0.312. The molecule has 1 saturated heterocycles. The number of fused-ring (bicyclic) bond motifs is 1. The van der Waals surface area contributed by atoms with Crippen LogP contribution in [0.1, 0.15) is 5.69 Å². The van der Waals surface area contributed by atoms with Crippen LogP contribution < -0.4 is 9.80 Å². The van der Waals surface area contributed by atoms with Crippen LogP contribution in [0.3, 0.4) is 0 Å². The first-order chi connectivity index (χ1) is 11.2. The fourth-order valence-electron chi connectivity index (χ4n) is 3.04. The van der Waals surface area contributed by atoms with Crippen molar-refractivity contribution in [3.05, 3.63) is 40.9 Å². The zero-order chi connectivity index (χ0) is 15.8. The number of halogens is 1. The van der Waals surface area contributed by atoms with Gasteiger partial charge in [-0.2, -0.15) is 0 Å². The van der Waals surface area contributed by atoms with E-state index in [0.29, 0.717) is 0 Å². The molecule has 4 heterocycles. The lowest BCUT2D eigenvalue weighted by molar-refractivity contribution is 0.641. The van der Waals surface area contributed by atoms with Crippen molar-refractivity contribution in [1.82, 2.24) is 19.9 Å². The molecule has 1 fully saturated rings. The number of H-pyrrole nitrogens is 1. The number of anilines is 2. The highest BCUT2D eigenvalue weighted by Gasteiger charge is 2.22. The first-order valence-corrected chi connectivity index (χ1v) is 8.42. The van der Waals surface area contributed by atoms with Crippen molar-refractivity contribution in [1.29, 1.82) is 0 Å². The molecule has 3 aromatic rings. The molecule has 118 valence electrons. The normalized spacial score (nSPS) is 15.4. The first kappa shape index (κ1) is 14.4. The van der Waals surface area contributed by atoms with E-state index >= 15 is 0 Å². The summed E-state index contributed by atoms with van der Waals surface area (Å²) < 4.78 is 1.04. The molecule has 0 radical (unpaired) electrons. The van der Waals surface area contributed by atoms with Gasteiger partial charge in [-0.3, -0.25) is 0 Å². The third-order valence-corrected chi connectivity index (χ3v) is 4.77. The molecule has 1 aliphatic heterocycles. The van der Waals surface area contributed by atoms with Gasteiger partial charge in [-0.15, -0.1) is 0 Å². The van der Waals surface area contributed by atoms with Crippen LogP contribution >= 0.6 is 15.9 Å². The molecule has 0 bridgehead atoms. The Morgan fingerprint density at radius 2 is 1.78 bits per heavy atom. The van der Waals surface area contributed by atoms with E-state index in [2.05, 4.69) is 51.7 Å². The number of nitrogens with zero attached hydrogens (tertiary/aromatic N) is 5. The van der Waals surface area contributed by atoms with E-state index in [1.54, 1.807) is 6.33 Å². The van der Waals surface area contributed by atoms with Crippen molar-refractivity contribution in [2.75, 3.05) is 36.0 Å². The van der Waals surface area contributed by atoms with E-state index < -0.39 is 0 Å². The summed E-state index contributed by atoms with van der Waals surface area (Å²) in [5.74, 6) is 2.00. The molecule has 0 amide bonds. The van der Waals surface area contributed by atoms with Gasteiger partial charge in [-0.1, -0.05) is 0 Å². The number of piperazine rings is 1. The number of pyridine rings is 1. The van der Waals surface area contributed by atoms with Crippen LogP contribution in [0.25, 0.3) is 11.0 Å². The first-order valence-electron chi connectivity index (χ1n) is 7.63. The zero-order valence-corrected chi connectivity index (χ0v) is 14.4. The Labute approximate surface area is 142 Å². The number of aromatic nitrogens is 4. The molecule has 0 saturated carbocycles. The summed E-state index contributed by atoms with van der Waals surface area (Å²) in [4.78, 5) is 21.3. The predicted molar refractivity (Wildman–Crippen MR) is 95.0 cm³/mol. The molecule has 1 aliphatic rings. The number of nitrogens with one attached hydrogen (secondary N) is 1. The number of rotatable bonds is 2. The smallest absolute Gasteiger partial charge is 0.156 e. The van der Waals surface area contributed by atoms with E-state index in [-0.39, 0.29) is 0 Å². The number of hydrogen-bond donors (Lipinski definition) is 1. The van der Waals surface area contributed by atoms with Crippen LogP contribution in [-0.2, 0) is 0 Å². The van der Waals surface area contributed by atoms with Crippen molar-refractivity contribution in [3.63, 3.8) is 0 Å². The maximum atomic E-state index is 4.50. The van der Waals surface area contributed by atoms with E-state index in [4.69, 9.17) is 0 Å². The van der Waals surface area contributed by atoms with Gasteiger partial charge in [0.1, 0.15) is 17.7 Å². The van der Waals surface area contributed by atoms with Crippen molar-refractivity contribution in [2.24, 2.45) is 0 Å². The standard InChI is InChI=1S/C16H17BrN6/c1-11-9-13-14(21-11)16(20-10-19-13)23-7-5-22(6-8-23)15-12(17)3-2-4-18-15/h2-4,9-10,21H,5-8H2,1H3. The second-order valence-electron chi connectivity index (χ2n) is 5.69. The van der Waals surface area contributed by atoms with Gasteiger partial charge in [0.25, 0.3) is 0 Å². The minimum atomic E-state index is 0.910. The lowest BCUT2D eigenvalue weighted by Gasteiger charge is -2.36. The Kier molecular flexibility index (Phi) is 3.65. The Morgan fingerprint density at radius 1 is 1.04 bits per heavy atom. The molecular weight excluding hydrogens is 356 g/mol. The quantitative estimate of drug-likeness (QED) is 0.749. The maximum absolute atomic E-state index is 4.50. The summed E-state index contributed by atoms with van der Waals surface area (Å²) in [6.07, 6.45) is 3.48. The van der Waals surface area contributed by atoms with Gasteiger partial charge in [0.2, 0.25) is 0 Å². The second-order valence-corrected chi connectivity index (χ2v) is 6.55. The molecule has 0 spiro atoms. The highest BCUT2D eigenvalue weighted by molar-refractivity contribution is 9.10. The van der Waals surface area contributed by atoms with Gasteiger partial charge >= 0.3 is 0 Å². The van der Waals surface area contributed by atoms with Gasteiger partial charge in [-0.25, -0.2) is 15.0 Å². The Balaban J connectivity index is 1.56. The summed E-state index contributed by atoms with van der Waals surface area (Å²) in [7, 11) is 0. The lowest BCUT2D eigenvalue weighted by Crippen LogP contribution is -2.47. The number of hydrogen-bond acceptors (Lipinski definition) is 5. The predicted octanol–water partition coefficient (Wildman–Crippen LogP) is 2.75. The van der Waals surface area contributed by atoms with Crippen molar-refractivity contribution < 1.29 is 0 Å². The monoisotopic (exact) mass is 372 g/mol. The molecular formula is C16H17BrN6. The number of aromatic amines is 1. The van der Waals surface area contributed by atoms with E-state index in [9.17, 15) is 0 Å². The molecule has 3 aromatic heterocycles. The van der Waals surface area contributed by atoms with Gasteiger partial charge in [0, 0.05) is 38.1 Å². The van der Waals surface area contributed by atoms with E-state index in [0.717, 1.165) is 59.0 Å². The SMILES string of the molecule is Cc1cc2ncnc(N3CCN(c4ncccc4Br)CC3)c2[nH]1. The van der Waals surface area contributed by atoms with E-state index in [1.807, 2.05) is 25.3 Å². The molecule has 1 N–H and O–H groups in total. The van der Waals surface area contributed by atoms with E-state index in [1.165, 1.54) is 0 Å². The fourth-order valence-corrected chi connectivity index (χ4v) is 3.54. The summed E-state index contributed by atoms with van der Waals surface area (Å²) in [6.45, 7) is 5.70. The minimum absolute atomic E-state index is 0.910. The van der Waals surface area contributed by atoms with Crippen LogP contribution in [0.4, 0.5) is 11.6 Å². The number of aryl methyl sites for hydroxylation is 1.